The molecule has 0 saturated heterocycles. The van der Waals surface area contributed by atoms with Gasteiger partial charge in [0.2, 0.25) is 0 Å². The van der Waals surface area contributed by atoms with Gasteiger partial charge in [-0.2, -0.15) is 5.26 Å². The van der Waals surface area contributed by atoms with Gasteiger partial charge in [0.25, 0.3) is 0 Å². The van der Waals surface area contributed by atoms with Crippen LogP contribution in [0, 0.1) is 11.3 Å². The highest BCUT2D eigenvalue weighted by molar-refractivity contribution is 5.42. The van der Waals surface area contributed by atoms with Crippen molar-refractivity contribution in [3.05, 3.63) is 29.8 Å². The van der Waals surface area contributed by atoms with Crippen LogP contribution in [0.5, 0.6) is 5.75 Å². The van der Waals surface area contributed by atoms with Crippen LogP contribution >= 0.6 is 0 Å². The molecule has 0 spiro atoms. The van der Waals surface area contributed by atoms with E-state index in [9.17, 15) is 0 Å². The Hall–Kier alpha value is -1.57. The predicted molar refractivity (Wildman–Crippen MR) is 79.9 cm³/mol. The van der Waals surface area contributed by atoms with Crippen molar-refractivity contribution >= 4 is 0 Å². The zero-order valence-electron chi connectivity index (χ0n) is 12.6. The minimum absolute atomic E-state index is 0.497. The molecule has 1 aromatic carbocycles. The summed E-state index contributed by atoms with van der Waals surface area (Å²) < 4.78 is 10.8. The van der Waals surface area contributed by atoms with Crippen LogP contribution in [0.4, 0.5) is 0 Å². The second-order valence-corrected chi connectivity index (χ2v) is 4.93. The average Bonchev–Trinajstić information content (AvgIpc) is 2.46. The van der Waals surface area contributed by atoms with Crippen LogP contribution < -0.4 is 4.74 Å². The molecule has 1 rings (SSSR count). The van der Waals surface area contributed by atoms with Crippen molar-refractivity contribution in [2.45, 2.75) is 26.3 Å². The van der Waals surface area contributed by atoms with Crippen molar-refractivity contribution in [1.82, 2.24) is 4.90 Å². The lowest BCUT2D eigenvalue weighted by molar-refractivity contribution is 0.124. The molecule has 0 aromatic heterocycles. The monoisotopic (exact) mass is 276 g/mol. The lowest BCUT2D eigenvalue weighted by Crippen LogP contribution is -2.35. The summed E-state index contributed by atoms with van der Waals surface area (Å²) in [5.74, 6) is 0.669. The summed E-state index contributed by atoms with van der Waals surface area (Å²) >= 11 is 0. The maximum absolute atomic E-state index is 8.98. The van der Waals surface area contributed by atoms with E-state index in [4.69, 9.17) is 14.7 Å². The molecule has 0 aliphatic carbocycles. The molecule has 0 saturated carbocycles. The Labute approximate surface area is 121 Å². The molecule has 0 aliphatic heterocycles. The van der Waals surface area contributed by atoms with Crippen LogP contribution in [0.1, 0.15) is 25.8 Å². The van der Waals surface area contributed by atoms with Crippen LogP contribution in [-0.4, -0.2) is 44.4 Å². The maximum Gasteiger partial charge on any atom is 0.137 e. The Morgan fingerprint density at radius 3 is 2.60 bits per heavy atom. The smallest absolute Gasteiger partial charge is 0.137 e. The highest BCUT2D eigenvalue weighted by Crippen LogP contribution is 2.16. The molecule has 4 nitrogen and oxygen atoms in total. The third-order valence-corrected chi connectivity index (χ3v) is 3.17. The number of para-hydroxylation sites is 1. The van der Waals surface area contributed by atoms with E-state index in [1.54, 1.807) is 13.2 Å². The molecule has 0 aliphatic rings. The van der Waals surface area contributed by atoms with Crippen molar-refractivity contribution in [1.29, 1.82) is 5.26 Å². The zero-order chi connectivity index (χ0) is 14.8. The normalized spacial score (nSPS) is 10.8. The first-order valence-corrected chi connectivity index (χ1v) is 7.04. The van der Waals surface area contributed by atoms with Crippen molar-refractivity contribution in [3.8, 4) is 11.8 Å². The largest absolute Gasteiger partial charge is 0.492 e. The summed E-state index contributed by atoms with van der Waals surface area (Å²) in [5.41, 5.74) is 0.590. The van der Waals surface area contributed by atoms with Crippen LogP contribution in [0.15, 0.2) is 24.3 Å². The number of nitriles is 1. The molecule has 0 bridgehead atoms. The molecule has 0 heterocycles. The van der Waals surface area contributed by atoms with E-state index in [-0.39, 0.29) is 0 Å². The topological polar surface area (TPSA) is 45.5 Å². The zero-order valence-corrected chi connectivity index (χ0v) is 12.6. The van der Waals surface area contributed by atoms with E-state index < -0.39 is 0 Å². The van der Waals surface area contributed by atoms with Crippen molar-refractivity contribution in [3.63, 3.8) is 0 Å². The van der Waals surface area contributed by atoms with Crippen LogP contribution in [0.2, 0.25) is 0 Å². The van der Waals surface area contributed by atoms with Crippen LogP contribution in [-0.2, 0) is 4.74 Å². The van der Waals surface area contributed by atoms with Gasteiger partial charge < -0.3 is 9.47 Å². The summed E-state index contributed by atoms with van der Waals surface area (Å²) in [7, 11) is 1.72. The molecule has 1 aromatic rings. The van der Waals surface area contributed by atoms with Gasteiger partial charge in [-0.05, 0) is 32.4 Å². The molecule has 0 fully saturated rings. The Morgan fingerprint density at radius 1 is 1.20 bits per heavy atom. The summed E-state index contributed by atoms with van der Waals surface area (Å²) in [6.07, 6.45) is 0.932. The SMILES string of the molecule is COCCN(CCCOc1ccccc1C#N)C(C)C. The van der Waals surface area contributed by atoms with E-state index in [2.05, 4.69) is 24.8 Å². The average molecular weight is 276 g/mol. The Bertz CT molecular complexity index is 427. The fourth-order valence-corrected chi connectivity index (χ4v) is 1.97. The maximum atomic E-state index is 8.98. The molecule has 0 unspecified atom stereocenters. The molecule has 20 heavy (non-hydrogen) atoms. The van der Waals surface area contributed by atoms with Gasteiger partial charge in [0.15, 0.2) is 0 Å². The van der Waals surface area contributed by atoms with Crippen LogP contribution in [0.3, 0.4) is 0 Å². The lowest BCUT2D eigenvalue weighted by Gasteiger charge is -2.26. The van der Waals surface area contributed by atoms with Gasteiger partial charge in [-0.15, -0.1) is 0 Å². The van der Waals surface area contributed by atoms with Crippen LogP contribution in [0.25, 0.3) is 0 Å². The molecule has 4 heteroatoms. The molecule has 0 atom stereocenters. The summed E-state index contributed by atoms with van der Waals surface area (Å²) in [5, 5.41) is 8.98. The second-order valence-electron chi connectivity index (χ2n) is 4.93. The van der Waals surface area contributed by atoms with E-state index in [1.807, 2.05) is 18.2 Å². The quantitative estimate of drug-likeness (QED) is 0.651. The third kappa shape index (κ3) is 5.60. The Morgan fingerprint density at radius 2 is 1.95 bits per heavy atom. The van der Waals surface area contributed by atoms with E-state index in [0.717, 1.165) is 26.1 Å². The Kier molecular flexibility index (Phi) is 7.71. The van der Waals surface area contributed by atoms with Gasteiger partial charge in [0, 0.05) is 26.2 Å². The molecule has 0 N–H and O–H groups in total. The molecule has 0 radical (unpaired) electrons. The first kappa shape index (κ1) is 16.5. The first-order chi connectivity index (χ1) is 9.69. The third-order valence-electron chi connectivity index (χ3n) is 3.17. The fourth-order valence-electron chi connectivity index (χ4n) is 1.97. The van der Waals surface area contributed by atoms with Gasteiger partial charge >= 0.3 is 0 Å². The minimum Gasteiger partial charge on any atom is -0.492 e. The summed E-state index contributed by atoms with van der Waals surface area (Å²) in [4.78, 5) is 2.36. The van der Waals surface area contributed by atoms with E-state index >= 15 is 0 Å². The first-order valence-electron chi connectivity index (χ1n) is 7.04. The highest BCUT2D eigenvalue weighted by atomic mass is 16.5. The fraction of sp³-hybridized carbons (Fsp3) is 0.562. The number of ether oxygens (including phenoxy) is 2. The molecular weight excluding hydrogens is 252 g/mol. The van der Waals surface area contributed by atoms with Crippen molar-refractivity contribution in [2.75, 3.05) is 33.4 Å². The number of hydrogen-bond acceptors (Lipinski definition) is 4. The summed E-state index contributed by atoms with van der Waals surface area (Å²) in [6.45, 7) is 7.63. The van der Waals surface area contributed by atoms with Gasteiger partial charge in [-0.25, -0.2) is 0 Å². The van der Waals surface area contributed by atoms with Gasteiger partial charge in [-0.3, -0.25) is 4.90 Å². The number of benzene rings is 1. The second kappa shape index (κ2) is 9.35. The van der Waals surface area contributed by atoms with Gasteiger partial charge in [0.05, 0.1) is 18.8 Å². The number of rotatable bonds is 9. The van der Waals surface area contributed by atoms with Gasteiger partial charge in [0.1, 0.15) is 11.8 Å². The van der Waals surface area contributed by atoms with Crippen molar-refractivity contribution < 1.29 is 9.47 Å². The highest BCUT2D eigenvalue weighted by Gasteiger charge is 2.09. The number of nitrogens with zero attached hydrogens (tertiary/aromatic N) is 2. The van der Waals surface area contributed by atoms with Crippen molar-refractivity contribution in [2.24, 2.45) is 0 Å². The molecule has 0 amide bonds. The standard InChI is InChI=1S/C16H24N2O2/c1-14(2)18(10-12-19-3)9-6-11-20-16-8-5-4-7-15(16)13-17/h4-5,7-8,14H,6,9-12H2,1-3H3. The van der Waals surface area contributed by atoms with E-state index in [0.29, 0.717) is 24.0 Å². The number of hydrogen-bond donors (Lipinski definition) is 0. The van der Waals surface area contributed by atoms with Gasteiger partial charge in [-0.1, -0.05) is 12.1 Å². The van der Waals surface area contributed by atoms with E-state index in [1.165, 1.54) is 0 Å². The predicted octanol–water partition coefficient (Wildman–Crippen LogP) is 2.68. The molecule has 110 valence electrons. The lowest BCUT2D eigenvalue weighted by atomic mass is 10.2. The Balaban J connectivity index is 2.34. The minimum atomic E-state index is 0.497. The summed E-state index contributed by atoms with van der Waals surface area (Å²) in [6, 6.07) is 9.97. The number of methoxy groups -OCH3 is 1. The molecular formula is C16H24N2O2.